The van der Waals surface area contributed by atoms with Gasteiger partial charge in [-0.05, 0) is 32.4 Å². The van der Waals surface area contributed by atoms with Crippen molar-refractivity contribution < 1.29 is 9.53 Å². The van der Waals surface area contributed by atoms with E-state index < -0.39 is 0 Å². The Bertz CT molecular complexity index is 723. The van der Waals surface area contributed by atoms with E-state index in [1.54, 1.807) is 6.20 Å². The first-order valence-electron chi connectivity index (χ1n) is 8.20. The Labute approximate surface area is 147 Å². The molecular weight excluding hydrogens is 322 g/mol. The lowest BCUT2D eigenvalue weighted by Gasteiger charge is -2.29. The summed E-state index contributed by atoms with van der Waals surface area (Å²) >= 11 is 1.51. The Hall–Kier alpha value is -1.79. The van der Waals surface area contributed by atoms with Crippen molar-refractivity contribution in [2.24, 2.45) is 0 Å². The number of hydrogen-bond acceptors (Lipinski definition) is 4. The summed E-state index contributed by atoms with van der Waals surface area (Å²) in [4.78, 5) is 18.9. The van der Waals surface area contributed by atoms with Crippen LogP contribution in [0.2, 0.25) is 0 Å². The highest BCUT2D eigenvalue weighted by atomic mass is 32.2. The van der Waals surface area contributed by atoms with Crippen molar-refractivity contribution in [1.82, 2.24) is 14.5 Å². The van der Waals surface area contributed by atoms with Crippen LogP contribution in [0.3, 0.4) is 0 Å². The summed E-state index contributed by atoms with van der Waals surface area (Å²) in [5.41, 5.74) is 3.54. The van der Waals surface area contributed by atoms with Crippen LogP contribution in [0.5, 0.6) is 0 Å². The molecule has 1 saturated heterocycles. The predicted octanol–water partition coefficient (Wildman–Crippen LogP) is 2.83. The maximum absolute atomic E-state index is 12.6. The molecule has 0 N–H and O–H groups in total. The smallest absolute Gasteiger partial charge is 0.236 e. The summed E-state index contributed by atoms with van der Waals surface area (Å²) in [6, 6.07) is 6.36. The first-order valence-corrected chi connectivity index (χ1v) is 9.08. The Morgan fingerprint density at radius 1 is 1.29 bits per heavy atom. The zero-order valence-corrected chi connectivity index (χ0v) is 15.2. The molecule has 1 aromatic heterocycles. The molecule has 0 spiro atoms. The SMILES string of the molecule is Cc1ccc(-n2ccnc2S[C@@H](C)C(=O)N2CCOCC2)c(C)c1. The van der Waals surface area contributed by atoms with Gasteiger partial charge in [-0.1, -0.05) is 29.5 Å². The number of nitrogens with zero attached hydrogens (tertiary/aromatic N) is 3. The molecule has 2 heterocycles. The molecule has 0 bridgehead atoms. The number of amides is 1. The van der Waals surface area contributed by atoms with Crippen molar-refractivity contribution in [2.75, 3.05) is 26.3 Å². The zero-order valence-electron chi connectivity index (χ0n) is 14.4. The summed E-state index contributed by atoms with van der Waals surface area (Å²) in [5, 5.41) is 0.672. The van der Waals surface area contributed by atoms with Crippen molar-refractivity contribution in [3.8, 4) is 5.69 Å². The van der Waals surface area contributed by atoms with Crippen molar-refractivity contribution >= 4 is 17.7 Å². The van der Waals surface area contributed by atoms with E-state index in [9.17, 15) is 4.79 Å². The van der Waals surface area contributed by atoms with E-state index in [-0.39, 0.29) is 11.2 Å². The van der Waals surface area contributed by atoms with Gasteiger partial charge in [-0.2, -0.15) is 0 Å². The van der Waals surface area contributed by atoms with Crippen molar-refractivity contribution in [2.45, 2.75) is 31.2 Å². The minimum absolute atomic E-state index is 0.151. The largest absolute Gasteiger partial charge is 0.378 e. The first kappa shape index (κ1) is 17.0. The van der Waals surface area contributed by atoms with Gasteiger partial charge in [0.2, 0.25) is 5.91 Å². The molecular formula is C18H23N3O2S. The molecule has 1 atom stereocenters. The number of morpholine rings is 1. The van der Waals surface area contributed by atoms with Gasteiger partial charge in [0.05, 0.1) is 24.2 Å². The van der Waals surface area contributed by atoms with E-state index in [0.717, 1.165) is 10.8 Å². The lowest BCUT2D eigenvalue weighted by molar-refractivity contribution is -0.134. The minimum Gasteiger partial charge on any atom is -0.378 e. The second-order valence-corrected chi connectivity index (χ2v) is 7.38. The number of carbonyl (C=O) groups is 1. The summed E-state index contributed by atoms with van der Waals surface area (Å²) in [6.45, 7) is 8.73. The molecule has 1 aliphatic rings. The number of hydrogen-bond donors (Lipinski definition) is 0. The zero-order chi connectivity index (χ0) is 17.1. The van der Waals surface area contributed by atoms with E-state index >= 15 is 0 Å². The minimum atomic E-state index is -0.171. The van der Waals surface area contributed by atoms with Crippen LogP contribution in [0, 0.1) is 13.8 Å². The fraction of sp³-hybridized carbons (Fsp3) is 0.444. The van der Waals surface area contributed by atoms with E-state index in [2.05, 4.69) is 41.6 Å². The number of ether oxygens (including phenoxy) is 1. The van der Waals surface area contributed by atoms with E-state index in [1.165, 1.54) is 22.9 Å². The number of aromatic nitrogens is 2. The topological polar surface area (TPSA) is 47.4 Å². The van der Waals surface area contributed by atoms with E-state index in [4.69, 9.17) is 4.74 Å². The molecule has 0 unspecified atom stereocenters. The Balaban J connectivity index is 1.76. The molecule has 1 amide bonds. The second-order valence-electron chi connectivity index (χ2n) is 6.07. The summed E-state index contributed by atoms with van der Waals surface area (Å²) in [6.07, 6.45) is 3.74. The van der Waals surface area contributed by atoms with Crippen LogP contribution in [0.15, 0.2) is 35.7 Å². The van der Waals surface area contributed by atoms with Crippen LogP contribution in [0.1, 0.15) is 18.1 Å². The number of rotatable bonds is 4. The lowest BCUT2D eigenvalue weighted by atomic mass is 10.1. The molecule has 1 fully saturated rings. The highest BCUT2D eigenvalue weighted by molar-refractivity contribution is 8.00. The van der Waals surface area contributed by atoms with Crippen molar-refractivity contribution in [3.05, 3.63) is 41.7 Å². The molecule has 0 saturated carbocycles. The van der Waals surface area contributed by atoms with Gasteiger partial charge in [0.25, 0.3) is 0 Å². The fourth-order valence-corrected chi connectivity index (χ4v) is 3.85. The van der Waals surface area contributed by atoms with E-state index in [0.29, 0.717) is 26.3 Å². The molecule has 2 aromatic rings. The Morgan fingerprint density at radius 2 is 2.04 bits per heavy atom. The second kappa shape index (κ2) is 7.40. The van der Waals surface area contributed by atoms with Gasteiger partial charge < -0.3 is 9.64 Å². The van der Waals surface area contributed by atoms with Crippen LogP contribution in [-0.4, -0.2) is 51.9 Å². The van der Waals surface area contributed by atoms with Gasteiger partial charge in [0.1, 0.15) is 0 Å². The van der Waals surface area contributed by atoms with Crippen LogP contribution in [0.4, 0.5) is 0 Å². The lowest BCUT2D eigenvalue weighted by Crippen LogP contribution is -2.44. The number of thioether (sulfide) groups is 1. The standard InChI is InChI=1S/C18H23N3O2S/c1-13-4-5-16(14(2)12-13)21-7-6-19-18(21)24-15(3)17(22)20-8-10-23-11-9-20/h4-7,12,15H,8-11H2,1-3H3/t15-/m0/s1. The maximum Gasteiger partial charge on any atom is 0.236 e. The molecule has 6 heteroatoms. The average molecular weight is 345 g/mol. The van der Waals surface area contributed by atoms with Gasteiger partial charge in [-0.25, -0.2) is 4.98 Å². The monoisotopic (exact) mass is 345 g/mol. The number of carbonyl (C=O) groups excluding carboxylic acids is 1. The summed E-state index contributed by atoms with van der Waals surface area (Å²) < 4.78 is 7.38. The summed E-state index contributed by atoms with van der Waals surface area (Å²) in [5.74, 6) is 0.151. The highest BCUT2D eigenvalue weighted by Gasteiger charge is 2.24. The molecule has 1 aliphatic heterocycles. The van der Waals surface area contributed by atoms with Crippen LogP contribution in [-0.2, 0) is 9.53 Å². The van der Waals surface area contributed by atoms with Crippen LogP contribution in [0.25, 0.3) is 5.69 Å². The van der Waals surface area contributed by atoms with Crippen LogP contribution < -0.4 is 0 Å². The van der Waals surface area contributed by atoms with Crippen molar-refractivity contribution in [1.29, 1.82) is 0 Å². The summed E-state index contributed by atoms with van der Waals surface area (Å²) in [7, 11) is 0. The number of imidazole rings is 1. The Morgan fingerprint density at radius 3 is 2.75 bits per heavy atom. The van der Waals surface area contributed by atoms with Gasteiger partial charge in [0.15, 0.2) is 5.16 Å². The third-order valence-electron chi connectivity index (χ3n) is 4.17. The van der Waals surface area contributed by atoms with Crippen LogP contribution >= 0.6 is 11.8 Å². The molecule has 24 heavy (non-hydrogen) atoms. The number of aryl methyl sites for hydroxylation is 2. The number of benzene rings is 1. The van der Waals surface area contributed by atoms with Gasteiger partial charge in [0, 0.05) is 25.5 Å². The first-order chi connectivity index (χ1) is 11.6. The highest BCUT2D eigenvalue weighted by Crippen LogP contribution is 2.27. The van der Waals surface area contributed by atoms with E-state index in [1.807, 2.05) is 18.0 Å². The average Bonchev–Trinajstić information content (AvgIpc) is 3.03. The molecule has 128 valence electrons. The van der Waals surface area contributed by atoms with Gasteiger partial charge in [-0.3, -0.25) is 9.36 Å². The van der Waals surface area contributed by atoms with Crippen molar-refractivity contribution in [3.63, 3.8) is 0 Å². The molecule has 3 rings (SSSR count). The molecule has 0 aliphatic carbocycles. The Kier molecular flexibility index (Phi) is 5.26. The van der Waals surface area contributed by atoms with Gasteiger partial charge >= 0.3 is 0 Å². The quantitative estimate of drug-likeness (QED) is 0.800. The third-order valence-corrected chi connectivity index (χ3v) is 5.24. The molecule has 5 nitrogen and oxygen atoms in total. The normalized spacial score (nSPS) is 16.2. The third kappa shape index (κ3) is 3.65. The maximum atomic E-state index is 12.6. The molecule has 0 radical (unpaired) electrons. The molecule has 1 aromatic carbocycles. The fourth-order valence-electron chi connectivity index (χ4n) is 2.89. The van der Waals surface area contributed by atoms with Gasteiger partial charge in [-0.15, -0.1) is 0 Å². The predicted molar refractivity (Wildman–Crippen MR) is 95.8 cm³/mol.